The first-order chi connectivity index (χ1) is 9.99. The average molecular weight is 315 g/mol. The second kappa shape index (κ2) is 8.49. The number of amides is 2. The van der Waals surface area contributed by atoms with Crippen molar-refractivity contribution < 1.29 is 19.8 Å². The SMILES string of the molecule is CCCCN(CCO)C(=O)Nc1ccc(Cl)cc1C(=O)O. The van der Waals surface area contributed by atoms with Crippen molar-refractivity contribution in [1.29, 1.82) is 0 Å². The molecule has 0 aromatic heterocycles. The van der Waals surface area contributed by atoms with Gasteiger partial charge in [0, 0.05) is 18.1 Å². The molecular formula is C14H19ClN2O4. The lowest BCUT2D eigenvalue weighted by Crippen LogP contribution is -2.38. The highest BCUT2D eigenvalue weighted by Crippen LogP contribution is 2.21. The van der Waals surface area contributed by atoms with Gasteiger partial charge in [0.2, 0.25) is 0 Å². The number of rotatable bonds is 7. The monoisotopic (exact) mass is 314 g/mol. The van der Waals surface area contributed by atoms with Crippen molar-refractivity contribution in [2.45, 2.75) is 19.8 Å². The zero-order chi connectivity index (χ0) is 15.8. The van der Waals surface area contributed by atoms with Crippen LogP contribution in [-0.2, 0) is 0 Å². The molecule has 0 aliphatic heterocycles. The van der Waals surface area contributed by atoms with Crippen LogP contribution < -0.4 is 5.32 Å². The van der Waals surface area contributed by atoms with Gasteiger partial charge < -0.3 is 20.4 Å². The first-order valence-electron chi connectivity index (χ1n) is 6.69. The zero-order valence-electron chi connectivity index (χ0n) is 11.8. The number of unbranched alkanes of at least 4 members (excludes halogenated alkanes) is 1. The number of carboxylic acid groups (broad SMARTS) is 1. The molecule has 0 fully saturated rings. The Bertz CT molecular complexity index is 508. The number of hydrogen-bond donors (Lipinski definition) is 3. The molecule has 2 amide bonds. The maximum atomic E-state index is 12.1. The molecule has 0 saturated heterocycles. The molecule has 0 spiro atoms. The van der Waals surface area contributed by atoms with Gasteiger partial charge >= 0.3 is 12.0 Å². The van der Waals surface area contributed by atoms with Gasteiger partial charge in [-0.25, -0.2) is 9.59 Å². The van der Waals surface area contributed by atoms with Gasteiger partial charge in [-0.3, -0.25) is 0 Å². The number of benzene rings is 1. The Morgan fingerprint density at radius 3 is 2.62 bits per heavy atom. The molecule has 0 atom stereocenters. The number of nitrogens with zero attached hydrogens (tertiary/aromatic N) is 1. The topological polar surface area (TPSA) is 89.9 Å². The molecule has 0 saturated carbocycles. The molecule has 6 nitrogen and oxygen atoms in total. The van der Waals surface area contributed by atoms with Gasteiger partial charge in [0.15, 0.2) is 0 Å². The van der Waals surface area contributed by atoms with Crippen LogP contribution in [0.5, 0.6) is 0 Å². The van der Waals surface area contributed by atoms with E-state index >= 15 is 0 Å². The third-order valence-corrected chi connectivity index (χ3v) is 3.13. The maximum Gasteiger partial charge on any atom is 0.337 e. The van der Waals surface area contributed by atoms with Crippen LogP contribution >= 0.6 is 11.6 Å². The Hall–Kier alpha value is -1.79. The van der Waals surface area contributed by atoms with E-state index in [1.165, 1.54) is 23.1 Å². The zero-order valence-corrected chi connectivity index (χ0v) is 12.6. The molecule has 0 aliphatic carbocycles. The Morgan fingerprint density at radius 1 is 1.33 bits per heavy atom. The lowest BCUT2D eigenvalue weighted by Gasteiger charge is -2.22. The van der Waals surface area contributed by atoms with Crippen LogP contribution in [0.3, 0.4) is 0 Å². The smallest absolute Gasteiger partial charge is 0.337 e. The predicted molar refractivity (Wildman–Crippen MR) is 81.0 cm³/mol. The van der Waals surface area contributed by atoms with Gasteiger partial charge in [-0.2, -0.15) is 0 Å². The number of carbonyl (C=O) groups excluding carboxylic acids is 1. The fourth-order valence-electron chi connectivity index (χ4n) is 1.78. The summed E-state index contributed by atoms with van der Waals surface area (Å²) in [6.45, 7) is 2.54. The molecule has 1 rings (SSSR count). The molecular weight excluding hydrogens is 296 g/mol. The number of aromatic carboxylic acids is 1. The highest BCUT2D eigenvalue weighted by atomic mass is 35.5. The molecule has 0 heterocycles. The Morgan fingerprint density at radius 2 is 2.05 bits per heavy atom. The molecule has 1 aromatic rings. The van der Waals surface area contributed by atoms with Crippen LogP contribution in [-0.4, -0.2) is 46.8 Å². The molecule has 7 heteroatoms. The van der Waals surface area contributed by atoms with Crippen LogP contribution in [0.1, 0.15) is 30.1 Å². The van der Waals surface area contributed by atoms with Gasteiger partial charge in [-0.05, 0) is 24.6 Å². The van der Waals surface area contributed by atoms with Crippen molar-refractivity contribution in [1.82, 2.24) is 4.90 Å². The lowest BCUT2D eigenvalue weighted by molar-refractivity contribution is 0.0698. The fraction of sp³-hybridized carbons (Fsp3) is 0.429. The van der Waals surface area contributed by atoms with E-state index in [-0.39, 0.29) is 29.4 Å². The van der Waals surface area contributed by atoms with Crippen molar-refractivity contribution in [2.75, 3.05) is 25.0 Å². The second-order valence-corrected chi connectivity index (χ2v) is 4.93. The molecule has 0 unspecified atom stereocenters. The third-order valence-electron chi connectivity index (χ3n) is 2.89. The number of carboxylic acids is 1. The van der Waals surface area contributed by atoms with Crippen molar-refractivity contribution in [3.63, 3.8) is 0 Å². The number of urea groups is 1. The fourth-order valence-corrected chi connectivity index (χ4v) is 1.95. The quantitative estimate of drug-likeness (QED) is 0.721. The number of carbonyl (C=O) groups is 2. The van der Waals surface area contributed by atoms with Gasteiger partial charge in [0.05, 0.1) is 17.9 Å². The number of aliphatic hydroxyl groups excluding tert-OH is 1. The molecule has 0 bridgehead atoms. The van der Waals surface area contributed by atoms with Crippen LogP contribution in [0, 0.1) is 0 Å². The van der Waals surface area contributed by atoms with E-state index in [0.29, 0.717) is 6.54 Å². The van der Waals surface area contributed by atoms with E-state index in [9.17, 15) is 9.59 Å². The Kier molecular flexibility index (Phi) is 6.98. The van der Waals surface area contributed by atoms with Crippen LogP contribution in [0.4, 0.5) is 10.5 Å². The summed E-state index contributed by atoms with van der Waals surface area (Å²) in [7, 11) is 0. The summed E-state index contributed by atoms with van der Waals surface area (Å²) in [5, 5.41) is 21.0. The average Bonchev–Trinajstić information content (AvgIpc) is 2.45. The molecule has 1 aromatic carbocycles. The van der Waals surface area contributed by atoms with Crippen LogP contribution in [0.15, 0.2) is 18.2 Å². The number of halogens is 1. The van der Waals surface area contributed by atoms with E-state index in [4.69, 9.17) is 21.8 Å². The van der Waals surface area contributed by atoms with Gasteiger partial charge in [-0.15, -0.1) is 0 Å². The highest BCUT2D eigenvalue weighted by molar-refractivity contribution is 6.31. The van der Waals surface area contributed by atoms with Gasteiger partial charge in [0.1, 0.15) is 0 Å². The summed E-state index contributed by atoms with van der Waals surface area (Å²) < 4.78 is 0. The molecule has 0 aliphatic rings. The summed E-state index contributed by atoms with van der Waals surface area (Å²) in [6, 6.07) is 3.79. The normalized spacial score (nSPS) is 10.2. The van der Waals surface area contributed by atoms with E-state index in [2.05, 4.69) is 5.32 Å². The summed E-state index contributed by atoms with van der Waals surface area (Å²) in [4.78, 5) is 24.8. The van der Waals surface area contributed by atoms with Crippen LogP contribution in [0.2, 0.25) is 5.02 Å². The van der Waals surface area contributed by atoms with Gasteiger partial charge in [-0.1, -0.05) is 24.9 Å². The van der Waals surface area contributed by atoms with Gasteiger partial charge in [0.25, 0.3) is 0 Å². The first kappa shape index (κ1) is 17.3. The Balaban J connectivity index is 2.87. The minimum atomic E-state index is -1.17. The largest absolute Gasteiger partial charge is 0.478 e. The summed E-state index contributed by atoms with van der Waals surface area (Å²) in [5.74, 6) is -1.17. The third kappa shape index (κ3) is 5.24. The standard InChI is InChI=1S/C14H19ClN2O4/c1-2-3-6-17(7-8-18)14(21)16-12-5-4-10(15)9-11(12)13(19)20/h4-5,9,18H,2-3,6-8H2,1H3,(H,16,21)(H,19,20). The number of anilines is 1. The van der Waals surface area contributed by atoms with Crippen molar-refractivity contribution in [3.05, 3.63) is 28.8 Å². The van der Waals surface area contributed by atoms with Crippen molar-refractivity contribution in [3.8, 4) is 0 Å². The predicted octanol–water partition coefficient (Wildman–Crippen LogP) is 2.66. The van der Waals surface area contributed by atoms with Crippen molar-refractivity contribution in [2.24, 2.45) is 0 Å². The van der Waals surface area contributed by atoms with E-state index in [1.807, 2.05) is 6.92 Å². The molecule has 116 valence electrons. The van der Waals surface area contributed by atoms with E-state index < -0.39 is 12.0 Å². The molecule has 3 N–H and O–H groups in total. The summed E-state index contributed by atoms with van der Waals surface area (Å²) in [5.41, 5.74) is 0.103. The van der Waals surface area contributed by atoms with E-state index in [0.717, 1.165) is 12.8 Å². The second-order valence-electron chi connectivity index (χ2n) is 4.49. The molecule has 21 heavy (non-hydrogen) atoms. The van der Waals surface area contributed by atoms with Crippen molar-refractivity contribution >= 4 is 29.3 Å². The number of nitrogens with one attached hydrogen (secondary N) is 1. The number of aliphatic hydroxyl groups is 1. The van der Waals surface area contributed by atoms with E-state index in [1.54, 1.807) is 0 Å². The minimum Gasteiger partial charge on any atom is -0.478 e. The molecule has 0 radical (unpaired) electrons. The van der Waals surface area contributed by atoms with Crippen LogP contribution in [0.25, 0.3) is 0 Å². The summed E-state index contributed by atoms with van der Waals surface area (Å²) in [6.07, 6.45) is 1.72. The highest BCUT2D eigenvalue weighted by Gasteiger charge is 2.17. The Labute approximate surface area is 128 Å². The summed E-state index contributed by atoms with van der Waals surface area (Å²) >= 11 is 5.76. The maximum absolute atomic E-state index is 12.1. The minimum absolute atomic E-state index is 0.0738. The first-order valence-corrected chi connectivity index (χ1v) is 7.07. The lowest BCUT2D eigenvalue weighted by atomic mass is 10.2. The number of hydrogen-bond acceptors (Lipinski definition) is 3.